The molecule has 0 radical (unpaired) electrons. The zero-order valence-electron chi connectivity index (χ0n) is 19.7. The summed E-state index contributed by atoms with van der Waals surface area (Å²) in [5.74, 6) is 0.760. The third kappa shape index (κ3) is 4.03. The fourth-order valence-electron chi connectivity index (χ4n) is 4.91. The van der Waals surface area contributed by atoms with Gasteiger partial charge in [-0.25, -0.2) is 0 Å². The number of hydrogen-bond donors (Lipinski definition) is 0. The summed E-state index contributed by atoms with van der Waals surface area (Å²) in [4.78, 5) is 41.8. The number of hydrogen-bond acceptors (Lipinski definition) is 5. The first kappa shape index (κ1) is 22.7. The van der Waals surface area contributed by atoms with Crippen molar-refractivity contribution >= 4 is 17.7 Å². The summed E-state index contributed by atoms with van der Waals surface area (Å²) in [5.41, 5.74) is 3.17. The molecule has 0 saturated carbocycles. The number of fused-ring (bicyclic) bond motifs is 1. The smallest absolute Gasteiger partial charge is 0.261 e. The van der Waals surface area contributed by atoms with Gasteiger partial charge in [-0.15, -0.1) is 0 Å². The number of ether oxygens (including phenoxy) is 2. The molecule has 2 heterocycles. The molecule has 0 N–H and O–H groups in total. The van der Waals surface area contributed by atoms with Gasteiger partial charge in [-0.05, 0) is 54.8 Å². The molecule has 3 aromatic carbocycles. The zero-order valence-corrected chi connectivity index (χ0v) is 19.7. The predicted octanol–water partition coefficient (Wildman–Crippen LogP) is 4.48. The number of benzene rings is 3. The molecular weight excluding hydrogens is 444 g/mol. The van der Waals surface area contributed by atoms with Gasteiger partial charge in [-0.2, -0.15) is 0 Å². The molecule has 0 aromatic heterocycles. The molecule has 0 aliphatic carbocycles. The van der Waals surface area contributed by atoms with Crippen LogP contribution in [0.4, 0.5) is 0 Å². The first-order chi connectivity index (χ1) is 17.0. The van der Waals surface area contributed by atoms with Crippen molar-refractivity contribution in [3.05, 3.63) is 94.5 Å². The molecule has 2 aliphatic heterocycles. The normalized spacial score (nSPS) is 17.0. The van der Waals surface area contributed by atoms with E-state index in [2.05, 4.69) is 0 Å². The fourth-order valence-corrected chi connectivity index (χ4v) is 4.91. The van der Waals surface area contributed by atoms with Gasteiger partial charge in [0.1, 0.15) is 11.5 Å². The van der Waals surface area contributed by atoms with E-state index < -0.39 is 0 Å². The van der Waals surface area contributed by atoms with E-state index in [1.807, 2.05) is 23.1 Å². The molecule has 35 heavy (non-hydrogen) atoms. The molecule has 1 atom stereocenters. The SMILES string of the molecule is COc1ccc(C2CCCN2C(=O)c2ccc(CN3C(=O)c4ccccc4C3=O)cc2)c(OC)c1. The number of likely N-dealkylation sites (tertiary alicyclic amines) is 1. The van der Waals surface area contributed by atoms with E-state index in [9.17, 15) is 14.4 Å². The van der Waals surface area contributed by atoms with Crippen molar-refractivity contribution in [1.82, 2.24) is 9.80 Å². The largest absolute Gasteiger partial charge is 0.497 e. The Hall–Kier alpha value is -4.13. The highest BCUT2D eigenvalue weighted by Gasteiger charge is 2.35. The van der Waals surface area contributed by atoms with E-state index in [1.54, 1.807) is 62.8 Å². The molecule has 5 rings (SSSR count). The van der Waals surface area contributed by atoms with Gasteiger partial charge in [-0.1, -0.05) is 24.3 Å². The van der Waals surface area contributed by atoms with E-state index in [0.29, 0.717) is 34.7 Å². The average molecular weight is 471 g/mol. The van der Waals surface area contributed by atoms with Crippen molar-refractivity contribution in [2.45, 2.75) is 25.4 Å². The van der Waals surface area contributed by atoms with Crippen molar-refractivity contribution in [1.29, 1.82) is 0 Å². The van der Waals surface area contributed by atoms with E-state index in [-0.39, 0.29) is 30.3 Å². The number of carbonyl (C=O) groups excluding carboxylic acids is 3. The maximum atomic E-state index is 13.4. The second kappa shape index (κ2) is 9.25. The Morgan fingerprint density at radius 3 is 2.23 bits per heavy atom. The third-order valence-corrected chi connectivity index (χ3v) is 6.73. The maximum absolute atomic E-state index is 13.4. The van der Waals surface area contributed by atoms with Gasteiger partial charge in [-0.3, -0.25) is 19.3 Å². The molecule has 1 unspecified atom stereocenters. The first-order valence-corrected chi connectivity index (χ1v) is 11.6. The highest BCUT2D eigenvalue weighted by Crippen LogP contribution is 2.39. The second-order valence-corrected chi connectivity index (χ2v) is 8.70. The summed E-state index contributed by atoms with van der Waals surface area (Å²) in [6, 6.07) is 19.6. The van der Waals surface area contributed by atoms with Crippen molar-refractivity contribution < 1.29 is 23.9 Å². The van der Waals surface area contributed by atoms with E-state index in [0.717, 1.165) is 24.0 Å². The average Bonchev–Trinajstić information content (AvgIpc) is 3.48. The molecule has 0 spiro atoms. The second-order valence-electron chi connectivity index (χ2n) is 8.70. The summed E-state index contributed by atoms with van der Waals surface area (Å²) in [5, 5.41) is 0. The van der Waals surface area contributed by atoms with Crippen LogP contribution in [0.25, 0.3) is 0 Å². The summed E-state index contributed by atoms with van der Waals surface area (Å²) in [7, 11) is 3.23. The standard InChI is InChI=1S/C28H26N2O5/c1-34-20-13-14-23(25(16-20)35-2)24-8-5-15-29(24)26(31)19-11-9-18(10-12-19)17-30-27(32)21-6-3-4-7-22(21)28(30)33/h3-4,6-7,9-14,16,24H,5,8,15,17H2,1-2H3. The number of nitrogens with zero attached hydrogens (tertiary/aromatic N) is 2. The van der Waals surface area contributed by atoms with Crippen LogP contribution in [0.1, 0.15) is 61.1 Å². The molecule has 7 nitrogen and oxygen atoms in total. The van der Waals surface area contributed by atoms with Crippen LogP contribution in [-0.4, -0.2) is 48.3 Å². The van der Waals surface area contributed by atoms with Gasteiger partial charge in [0.05, 0.1) is 37.9 Å². The molecule has 0 bridgehead atoms. The number of carbonyl (C=O) groups is 3. The Kier molecular flexibility index (Phi) is 5.99. The monoisotopic (exact) mass is 470 g/mol. The van der Waals surface area contributed by atoms with E-state index in [4.69, 9.17) is 9.47 Å². The van der Waals surface area contributed by atoms with Crippen LogP contribution in [0.15, 0.2) is 66.7 Å². The van der Waals surface area contributed by atoms with Crippen LogP contribution in [-0.2, 0) is 6.54 Å². The van der Waals surface area contributed by atoms with Crippen molar-refractivity contribution in [2.24, 2.45) is 0 Å². The lowest BCUT2D eigenvalue weighted by atomic mass is 10.0. The lowest BCUT2D eigenvalue weighted by Gasteiger charge is -2.27. The molecule has 1 fully saturated rings. The van der Waals surface area contributed by atoms with E-state index in [1.165, 1.54) is 4.90 Å². The molecule has 3 amide bonds. The number of rotatable bonds is 6. The molecule has 178 valence electrons. The summed E-state index contributed by atoms with van der Waals surface area (Å²) >= 11 is 0. The minimum absolute atomic E-state index is 0.0577. The Balaban J connectivity index is 1.32. The van der Waals surface area contributed by atoms with Gasteiger partial charge < -0.3 is 14.4 Å². The van der Waals surface area contributed by atoms with Crippen LogP contribution in [0.3, 0.4) is 0 Å². The molecule has 3 aromatic rings. The number of imide groups is 1. The van der Waals surface area contributed by atoms with Gasteiger partial charge in [0.25, 0.3) is 17.7 Å². The first-order valence-electron chi connectivity index (χ1n) is 11.6. The van der Waals surface area contributed by atoms with Gasteiger partial charge >= 0.3 is 0 Å². The van der Waals surface area contributed by atoms with Crippen LogP contribution in [0.5, 0.6) is 11.5 Å². The number of methoxy groups -OCH3 is 2. The fraction of sp³-hybridized carbons (Fsp3) is 0.250. The van der Waals surface area contributed by atoms with Crippen molar-refractivity contribution in [3.63, 3.8) is 0 Å². The zero-order chi connectivity index (χ0) is 24.5. The number of amides is 3. The minimum Gasteiger partial charge on any atom is -0.497 e. The van der Waals surface area contributed by atoms with Crippen LogP contribution in [0, 0.1) is 0 Å². The van der Waals surface area contributed by atoms with Crippen molar-refractivity contribution in [3.8, 4) is 11.5 Å². The van der Waals surface area contributed by atoms with E-state index >= 15 is 0 Å². The highest BCUT2D eigenvalue weighted by atomic mass is 16.5. The van der Waals surface area contributed by atoms with Crippen LogP contribution >= 0.6 is 0 Å². The van der Waals surface area contributed by atoms with Crippen LogP contribution < -0.4 is 9.47 Å². The quantitative estimate of drug-likeness (QED) is 0.497. The molecule has 7 heteroatoms. The lowest BCUT2D eigenvalue weighted by molar-refractivity contribution is 0.0640. The molecule has 1 saturated heterocycles. The summed E-state index contributed by atoms with van der Waals surface area (Å²) in [6.07, 6.45) is 1.76. The Morgan fingerprint density at radius 1 is 0.914 bits per heavy atom. The van der Waals surface area contributed by atoms with Gasteiger partial charge in [0.15, 0.2) is 0 Å². The predicted molar refractivity (Wildman–Crippen MR) is 130 cm³/mol. The van der Waals surface area contributed by atoms with Crippen molar-refractivity contribution in [2.75, 3.05) is 20.8 Å². The van der Waals surface area contributed by atoms with Gasteiger partial charge in [0.2, 0.25) is 0 Å². The minimum atomic E-state index is -0.292. The Morgan fingerprint density at radius 2 is 1.60 bits per heavy atom. The Bertz CT molecular complexity index is 1270. The third-order valence-electron chi connectivity index (χ3n) is 6.73. The topological polar surface area (TPSA) is 76.2 Å². The van der Waals surface area contributed by atoms with Gasteiger partial charge in [0, 0.05) is 23.7 Å². The van der Waals surface area contributed by atoms with Crippen LogP contribution in [0.2, 0.25) is 0 Å². The highest BCUT2D eigenvalue weighted by molar-refractivity contribution is 6.21. The molecule has 2 aliphatic rings. The molecular formula is C28H26N2O5. The summed E-state index contributed by atoms with van der Waals surface area (Å²) < 4.78 is 10.9. The maximum Gasteiger partial charge on any atom is 0.261 e. The lowest BCUT2D eigenvalue weighted by Crippen LogP contribution is -2.31. The Labute approximate surface area is 203 Å². The summed E-state index contributed by atoms with van der Waals surface area (Å²) in [6.45, 7) is 0.825.